The lowest BCUT2D eigenvalue weighted by Crippen LogP contribution is -2.52. The van der Waals surface area contributed by atoms with Crippen LogP contribution in [0, 0.1) is 11.3 Å². The Kier molecular flexibility index (Phi) is 7.47. The van der Waals surface area contributed by atoms with Gasteiger partial charge in [0, 0.05) is 19.6 Å². The monoisotopic (exact) mass is 372 g/mol. The number of ether oxygens (including phenoxy) is 1. The van der Waals surface area contributed by atoms with Crippen LogP contribution < -0.4 is 15.0 Å². The Labute approximate surface area is 160 Å². The minimum atomic E-state index is -0.669. The molecule has 1 N–H and O–H groups in total. The van der Waals surface area contributed by atoms with Gasteiger partial charge in [-0.05, 0) is 25.0 Å². The number of rotatable bonds is 8. The van der Waals surface area contributed by atoms with Crippen LogP contribution >= 0.6 is 0 Å². The third-order valence-corrected chi connectivity index (χ3v) is 4.80. The van der Waals surface area contributed by atoms with Gasteiger partial charge in [-0.25, -0.2) is 0 Å². The molecule has 2 amide bonds. The average Bonchev–Trinajstić information content (AvgIpc) is 2.69. The number of likely N-dealkylation sites (N-methyl/N-ethyl adjacent to an activating group) is 1. The highest BCUT2D eigenvalue weighted by Gasteiger charge is 2.32. The van der Waals surface area contributed by atoms with Gasteiger partial charge >= 0.3 is 0 Å². The molecule has 146 valence electrons. The van der Waals surface area contributed by atoms with Crippen molar-refractivity contribution in [2.24, 2.45) is 0 Å². The molecule has 7 heteroatoms. The third-order valence-electron chi connectivity index (χ3n) is 4.80. The van der Waals surface area contributed by atoms with Crippen molar-refractivity contribution in [3.63, 3.8) is 0 Å². The number of para-hydroxylation sites is 2. The van der Waals surface area contributed by atoms with Crippen molar-refractivity contribution in [3.8, 4) is 11.8 Å². The maximum Gasteiger partial charge on any atom is 0.263 e. The fraction of sp³-hybridized carbons (Fsp3) is 0.550. The molecule has 0 spiro atoms. The van der Waals surface area contributed by atoms with Gasteiger partial charge in [-0.3, -0.25) is 9.59 Å². The second-order valence-electron chi connectivity index (χ2n) is 6.70. The summed E-state index contributed by atoms with van der Waals surface area (Å²) in [6.45, 7) is 4.90. The average molecular weight is 372 g/mol. The lowest BCUT2D eigenvalue weighted by Gasteiger charge is -2.36. The van der Waals surface area contributed by atoms with E-state index in [-0.39, 0.29) is 24.4 Å². The van der Waals surface area contributed by atoms with Gasteiger partial charge in [0.15, 0.2) is 6.10 Å². The highest BCUT2D eigenvalue weighted by molar-refractivity contribution is 5.86. The summed E-state index contributed by atoms with van der Waals surface area (Å²) in [4.78, 5) is 28.6. The molecule has 1 heterocycles. The highest BCUT2D eigenvalue weighted by Crippen LogP contribution is 2.33. The molecule has 0 fully saturated rings. The van der Waals surface area contributed by atoms with Gasteiger partial charge in [-0.15, -0.1) is 0 Å². The largest absolute Gasteiger partial charge is 0.477 e. The number of anilines is 1. The van der Waals surface area contributed by atoms with Crippen molar-refractivity contribution in [2.75, 3.05) is 31.6 Å². The van der Waals surface area contributed by atoms with E-state index in [1.54, 1.807) is 11.9 Å². The second-order valence-corrected chi connectivity index (χ2v) is 6.70. The molecule has 1 aromatic carbocycles. The molecule has 0 aliphatic carbocycles. The zero-order valence-electron chi connectivity index (χ0n) is 16.3. The lowest BCUT2D eigenvalue weighted by atomic mass is 10.1. The topological polar surface area (TPSA) is 85.7 Å². The van der Waals surface area contributed by atoms with E-state index in [2.05, 4.69) is 5.32 Å². The van der Waals surface area contributed by atoms with E-state index < -0.39 is 6.10 Å². The number of nitrogens with zero attached hydrogens (tertiary/aromatic N) is 3. The second kappa shape index (κ2) is 9.81. The Morgan fingerprint density at radius 1 is 1.37 bits per heavy atom. The first-order chi connectivity index (χ1) is 13.0. The predicted molar refractivity (Wildman–Crippen MR) is 103 cm³/mol. The summed E-state index contributed by atoms with van der Waals surface area (Å²) < 4.78 is 5.90. The van der Waals surface area contributed by atoms with E-state index in [1.165, 1.54) is 0 Å². The van der Waals surface area contributed by atoms with Crippen LogP contribution in [0.4, 0.5) is 5.69 Å². The number of carbonyl (C=O) groups is 2. The Balaban J connectivity index is 2.12. The van der Waals surface area contributed by atoms with Gasteiger partial charge in [0.25, 0.3) is 5.91 Å². The van der Waals surface area contributed by atoms with Crippen molar-refractivity contribution in [3.05, 3.63) is 24.3 Å². The fourth-order valence-corrected chi connectivity index (χ4v) is 3.01. The molecule has 2 rings (SSSR count). The van der Waals surface area contributed by atoms with Crippen LogP contribution in [-0.2, 0) is 9.59 Å². The number of hydrogen-bond acceptors (Lipinski definition) is 5. The minimum Gasteiger partial charge on any atom is -0.477 e. The van der Waals surface area contributed by atoms with Crippen molar-refractivity contribution < 1.29 is 14.3 Å². The summed E-state index contributed by atoms with van der Waals surface area (Å²) in [6, 6.07) is 9.57. The van der Waals surface area contributed by atoms with Crippen molar-refractivity contribution in [1.82, 2.24) is 10.2 Å². The van der Waals surface area contributed by atoms with Gasteiger partial charge in [0.05, 0.1) is 31.3 Å². The van der Waals surface area contributed by atoms with E-state index >= 15 is 0 Å². The molecular formula is C20H28N4O3. The van der Waals surface area contributed by atoms with Crippen LogP contribution in [-0.4, -0.2) is 55.5 Å². The Morgan fingerprint density at radius 2 is 2.07 bits per heavy atom. The van der Waals surface area contributed by atoms with Crippen molar-refractivity contribution in [2.45, 2.75) is 45.3 Å². The number of benzene rings is 1. The van der Waals surface area contributed by atoms with Crippen LogP contribution in [0.2, 0.25) is 0 Å². The van der Waals surface area contributed by atoms with E-state index in [9.17, 15) is 9.59 Å². The number of hydrogen-bond donors (Lipinski definition) is 1. The molecule has 0 radical (unpaired) electrons. The molecule has 0 saturated carbocycles. The molecule has 7 nitrogen and oxygen atoms in total. The van der Waals surface area contributed by atoms with Gasteiger partial charge in [0.1, 0.15) is 5.75 Å². The molecule has 27 heavy (non-hydrogen) atoms. The molecule has 0 bridgehead atoms. The molecule has 1 atom stereocenters. The Morgan fingerprint density at radius 3 is 2.74 bits per heavy atom. The first kappa shape index (κ1) is 20.6. The SMILES string of the molecule is CCC(CC)NC(=O)C1CN(CC(=O)N(C)CCC#N)c2ccccc2O1. The number of amides is 2. The third kappa shape index (κ3) is 5.36. The molecule has 1 aliphatic rings. The zero-order valence-corrected chi connectivity index (χ0v) is 16.3. The number of nitriles is 1. The molecular weight excluding hydrogens is 344 g/mol. The van der Waals surface area contributed by atoms with E-state index in [4.69, 9.17) is 10.00 Å². The summed E-state index contributed by atoms with van der Waals surface area (Å²) in [5.41, 5.74) is 0.797. The normalized spacial score (nSPS) is 15.5. The molecule has 0 saturated heterocycles. The van der Waals surface area contributed by atoms with Crippen LogP contribution in [0.3, 0.4) is 0 Å². The number of fused-ring (bicyclic) bond motifs is 1. The Hall–Kier alpha value is -2.75. The summed E-state index contributed by atoms with van der Waals surface area (Å²) in [5.74, 6) is 0.343. The number of carbonyl (C=O) groups excluding carboxylic acids is 2. The molecule has 1 aromatic rings. The van der Waals surface area contributed by atoms with E-state index in [0.717, 1.165) is 18.5 Å². The first-order valence-corrected chi connectivity index (χ1v) is 9.42. The molecule has 1 aliphatic heterocycles. The van der Waals surface area contributed by atoms with Gasteiger partial charge in [0.2, 0.25) is 5.91 Å². The Bertz CT molecular complexity index is 697. The van der Waals surface area contributed by atoms with Crippen LogP contribution in [0.25, 0.3) is 0 Å². The fourth-order valence-electron chi connectivity index (χ4n) is 3.01. The van der Waals surface area contributed by atoms with Crippen LogP contribution in [0.5, 0.6) is 5.75 Å². The van der Waals surface area contributed by atoms with Crippen molar-refractivity contribution in [1.29, 1.82) is 5.26 Å². The van der Waals surface area contributed by atoms with Crippen molar-refractivity contribution >= 4 is 17.5 Å². The summed E-state index contributed by atoms with van der Waals surface area (Å²) >= 11 is 0. The van der Waals surface area contributed by atoms with Gasteiger partial charge < -0.3 is 19.9 Å². The highest BCUT2D eigenvalue weighted by atomic mass is 16.5. The molecule has 1 unspecified atom stereocenters. The molecule has 0 aromatic heterocycles. The minimum absolute atomic E-state index is 0.0962. The smallest absolute Gasteiger partial charge is 0.263 e. The first-order valence-electron chi connectivity index (χ1n) is 9.42. The van der Waals surface area contributed by atoms with E-state index in [0.29, 0.717) is 25.3 Å². The predicted octanol–water partition coefficient (Wildman–Crippen LogP) is 1.93. The standard InChI is InChI=1S/C20H28N4O3/c1-4-15(5-2)22-20(26)18-13-24(14-19(25)23(3)12-8-11-21)16-9-6-7-10-17(16)27-18/h6-7,9-10,15,18H,4-5,8,12-14H2,1-3H3,(H,22,26). The summed E-state index contributed by atoms with van der Waals surface area (Å²) in [5, 5.41) is 11.7. The summed E-state index contributed by atoms with van der Waals surface area (Å²) in [6.07, 6.45) is 1.34. The van der Waals surface area contributed by atoms with E-state index in [1.807, 2.05) is 49.1 Å². The lowest BCUT2D eigenvalue weighted by molar-refractivity contribution is -0.130. The van der Waals surface area contributed by atoms with Gasteiger partial charge in [-0.1, -0.05) is 26.0 Å². The summed E-state index contributed by atoms with van der Waals surface area (Å²) in [7, 11) is 1.68. The van der Waals surface area contributed by atoms with Crippen LogP contribution in [0.1, 0.15) is 33.1 Å². The number of nitrogens with one attached hydrogen (secondary N) is 1. The quantitative estimate of drug-likeness (QED) is 0.754. The maximum atomic E-state index is 12.6. The van der Waals surface area contributed by atoms with Crippen LogP contribution in [0.15, 0.2) is 24.3 Å². The maximum absolute atomic E-state index is 12.6. The zero-order chi connectivity index (χ0) is 19.8. The van der Waals surface area contributed by atoms with Gasteiger partial charge in [-0.2, -0.15) is 5.26 Å².